The smallest absolute Gasteiger partial charge is 0.191 e. The fraction of sp³-hybridized carbons (Fsp3) is 0.471. The lowest BCUT2D eigenvalue weighted by Gasteiger charge is -2.27. The molecule has 2 aromatic rings. The molecule has 1 unspecified atom stereocenters. The Morgan fingerprint density at radius 1 is 1.30 bits per heavy atom. The molecule has 1 heterocycles. The molecule has 0 aliphatic heterocycles. The number of guanidine groups is 1. The summed E-state index contributed by atoms with van der Waals surface area (Å²) < 4.78 is 1.98. The predicted molar refractivity (Wildman–Crippen MR) is 91.3 cm³/mol. The Bertz CT molecular complexity index is 703. The van der Waals surface area contributed by atoms with E-state index in [1.165, 1.54) is 11.1 Å². The maximum Gasteiger partial charge on any atom is 0.191 e. The number of aromatic nitrogens is 3. The number of benzene rings is 1. The molecule has 1 atom stereocenters. The van der Waals surface area contributed by atoms with Crippen molar-refractivity contribution in [1.82, 2.24) is 25.4 Å². The highest BCUT2D eigenvalue weighted by molar-refractivity contribution is 5.79. The summed E-state index contributed by atoms with van der Waals surface area (Å²) in [6.45, 7) is 2.56. The molecule has 3 rings (SSSR count). The van der Waals surface area contributed by atoms with E-state index in [2.05, 4.69) is 50.1 Å². The number of aryl methyl sites for hydroxylation is 2. The van der Waals surface area contributed by atoms with E-state index in [0.29, 0.717) is 12.6 Å². The van der Waals surface area contributed by atoms with Gasteiger partial charge < -0.3 is 15.2 Å². The minimum atomic E-state index is 0.414. The second-order valence-corrected chi connectivity index (χ2v) is 6.00. The monoisotopic (exact) mass is 312 g/mol. The topological polar surface area (TPSA) is 67.1 Å². The van der Waals surface area contributed by atoms with E-state index in [-0.39, 0.29) is 0 Å². The summed E-state index contributed by atoms with van der Waals surface area (Å²) in [6, 6.07) is 9.11. The van der Waals surface area contributed by atoms with Gasteiger partial charge in [0.15, 0.2) is 11.8 Å². The van der Waals surface area contributed by atoms with Crippen molar-refractivity contribution in [2.75, 3.05) is 7.05 Å². The molecule has 23 heavy (non-hydrogen) atoms. The summed E-state index contributed by atoms with van der Waals surface area (Å²) in [5.41, 5.74) is 2.92. The lowest BCUT2D eigenvalue weighted by molar-refractivity contribution is 0.519. The molecular weight excluding hydrogens is 288 g/mol. The molecule has 1 aromatic carbocycles. The van der Waals surface area contributed by atoms with Crippen molar-refractivity contribution in [2.24, 2.45) is 12.0 Å². The Morgan fingerprint density at radius 3 is 2.78 bits per heavy atom. The standard InChI is InChI=1S/C17H24N6/c1-12-21-22-16(23(12)3)11-19-17(18-2)20-15-9-8-13-6-4-5-7-14(13)10-15/h4-7,15H,8-11H2,1-3H3,(H2,18,19,20). The third-order valence-electron chi connectivity index (χ3n) is 4.51. The Labute approximate surface area is 137 Å². The second kappa shape index (κ2) is 6.81. The zero-order chi connectivity index (χ0) is 16.2. The van der Waals surface area contributed by atoms with Gasteiger partial charge in [0.2, 0.25) is 0 Å². The number of hydrogen-bond acceptors (Lipinski definition) is 3. The number of nitrogens with zero attached hydrogens (tertiary/aromatic N) is 4. The van der Waals surface area contributed by atoms with Crippen LogP contribution in [0.2, 0.25) is 0 Å². The maximum atomic E-state index is 4.33. The normalized spacial score (nSPS) is 17.7. The van der Waals surface area contributed by atoms with Gasteiger partial charge in [-0.05, 0) is 37.3 Å². The summed E-state index contributed by atoms with van der Waals surface area (Å²) >= 11 is 0. The highest BCUT2D eigenvalue weighted by Gasteiger charge is 2.19. The number of aliphatic imine (C=N–C) groups is 1. The van der Waals surface area contributed by atoms with Gasteiger partial charge in [0.05, 0.1) is 6.54 Å². The summed E-state index contributed by atoms with van der Waals surface area (Å²) in [7, 11) is 3.77. The molecule has 1 aromatic heterocycles. The van der Waals surface area contributed by atoms with Crippen LogP contribution in [0.1, 0.15) is 29.2 Å². The van der Waals surface area contributed by atoms with E-state index in [0.717, 1.165) is 36.9 Å². The van der Waals surface area contributed by atoms with Crippen LogP contribution in [0.15, 0.2) is 29.3 Å². The van der Waals surface area contributed by atoms with Crippen LogP contribution in [-0.2, 0) is 26.4 Å². The van der Waals surface area contributed by atoms with Crippen molar-refractivity contribution in [3.8, 4) is 0 Å². The van der Waals surface area contributed by atoms with E-state index >= 15 is 0 Å². The molecule has 0 amide bonds. The van der Waals surface area contributed by atoms with Crippen LogP contribution < -0.4 is 10.6 Å². The van der Waals surface area contributed by atoms with Gasteiger partial charge in [-0.25, -0.2) is 0 Å². The van der Waals surface area contributed by atoms with Crippen molar-refractivity contribution in [2.45, 2.75) is 38.8 Å². The van der Waals surface area contributed by atoms with Crippen LogP contribution in [0.5, 0.6) is 0 Å². The minimum absolute atomic E-state index is 0.414. The molecule has 1 aliphatic carbocycles. The third-order valence-corrected chi connectivity index (χ3v) is 4.51. The van der Waals surface area contributed by atoms with Gasteiger partial charge in [-0.1, -0.05) is 24.3 Å². The fourth-order valence-electron chi connectivity index (χ4n) is 2.98. The molecule has 122 valence electrons. The number of nitrogens with one attached hydrogen (secondary N) is 2. The van der Waals surface area contributed by atoms with Crippen LogP contribution in [0.3, 0.4) is 0 Å². The molecule has 6 nitrogen and oxygen atoms in total. The van der Waals surface area contributed by atoms with Gasteiger partial charge in [0, 0.05) is 20.1 Å². The molecule has 0 radical (unpaired) electrons. The molecule has 0 bridgehead atoms. The molecule has 6 heteroatoms. The van der Waals surface area contributed by atoms with Crippen LogP contribution >= 0.6 is 0 Å². The molecule has 0 saturated carbocycles. The van der Waals surface area contributed by atoms with Gasteiger partial charge in [-0.2, -0.15) is 0 Å². The Kier molecular flexibility index (Phi) is 4.60. The summed E-state index contributed by atoms with van der Waals surface area (Å²) in [5, 5.41) is 15.1. The van der Waals surface area contributed by atoms with Crippen LogP contribution in [0, 0.1) is 6.92 Å². The Morgan fingerprint density at radius 2 is 2.09 bits per heavy atom. The average molecular weight is 312 g/mol. The van der Waals surface area contributed by atoms with Gasteiger partial charge in [-0.15, -0.1) is 10.2 Å². The summed E-state index contributed by atoms with van der Waals surface area (Å²) in [4.78, 5) is 4.33. The molecule has 0 saturated heterocycles. The van der Waals surface area contributed by atoms with Crippen LogP contribution in [-0.4, -0.2) is 33.8 Å². The molecule has 1 aliphatic rings. The maximum absolute atomic E-state index is 4.33. The first-order chi connectivity index (χ1) is 11.2. The largest absolute Gasteiger partial charge is 0.353 e. The van der Waals surface area contributed by atoms with Crippen LogP contribution in [0.4, 0.5) is 0 Å². The van der Waals surface area contributed by atoms with Gasteiger partial charge >= 0.3 is 0 Å². The van der Waals surface area contributed by atoms with Crippen LogP contribution in [0.25, 0.3) is 0 Å². The van der Waals surface area contributed by atoms with Crippen molar-refractivity contribution < 1.29 is 0 Å². The Hall–Kier alpha value is -2.37. The lowest BCUT2D eigenvalue weighted by Crippen LogP contribution is -2.45. The van der Waals surface area contributed by atoms with E-state index in [1.807, 2.05) is 18.5 Å². The summed E-state index contributed by atoms with van der Waals surface area (Å²) in [6.07, 6.45) is 3.29. The van der Waals surface area contributed by atoms with Crippen molar-refractivity contribution in [1.29, 1.82) is 0 Å². The zero-order valence-electron chi connectivity index (χ0n) is 14.0. The lowest BCUT2D eigenvalue weighted by atomic mass is 9.88. The van der Waals surface area contributed by atoms with Crippen molar-refractivity contribution >= 4 is 5.96 Å². The summed E-state index contributed by atoms with van der Waals surface area (Å²) in [5.74, 6) is 2.63. The van der Waals surface area contributed by atoms with Gasteiger partial charge in [-0.3, -0.25) is 4.99 Å². The average Bonchev–Trinajstić information content (AvgIpc) is 2.90. The van der Waals surface area contributed by atoms with Crippen molar-refractivity contribution in [3.63, 3.8) is 0 Å². The van der Waals surface area contributed by atoms with E-state index in [9.17, 15) is 0 Å². The third kappa shape index (κ3) is 3.52. The highest BCUT2D eigenvalue weighted by Crippen LogP contribution is 2.20. The first kappa shape index (κ1) is 15.5. The Balaban J connectivity index is 1.57. The molecule has 2 N–H and O–H groups in total. The number of rotatable bonds is 3. The number of hydrogen-bond donors (Lipinski definition) is 2. The highest BCUT2D eigenvalue weighted by atomic mass is 15.3. The minimum Gasteiger partial charge on any atom is -0.353 e. The quantitative estimate of drug-likeness (QED) is 0.663. The van der Waals surface area contributed by atoms with E-state index in [1.54, 1.807) is 7.05 Å². The first-order valence-corrected chi connectivity index (χ1v) is 8.06. The SMILES string of the molecule is CN=C(NCc1nnc(C)n1C)NC1CCc2ccccc2C1. The zero-order valence-corrected chi connectivity index (χ0v) is 14.0. The molecular formula is C17H24N6. The fourth-order valence-corrected chi connectivity index (χ4v) is 2.98. The van der Waals surface area contributed by atoms with E-state index in [4.69, 9.17) is 0 Å². The first-order valence-electron chi connectivity index (χ1n) is 8.06. The van der Waals surface area contributed by atoms with Gasteiger partial charge in [0.25, 0.3) is 0 Å². The van der Waals surface area contributed by atoms with Crippen molar-refractivity contribution in [3.05, 3.63) is 47.0 Å². The second-order valence-electron chi connectivity index (χ2n) is 6.00. The van der Waals surface area contributed by atoms with Gasteiger partial charge in [0.1, 0.15) is 5.82 Å². The molecule has 0 fully saturated rings. The predicted octanol–water partition coefficient (Wildman–Crippen LogP) is 1.35. The molecule has 0 spiro atoms. The van der Waals surface area contributed by atoms with E-state index < -0.39 is 0 Å². The number of fused-ring (bicyclic) bond motifs is 1.